The minimum Gasteiger partial charge on any atom is -0.309 e. The maximum atomic E-state index is 2.63. The largest absolute Gasteiger partial charge is 0.309 e. The zero-order valence-electron chi connectivity index (χ0n) is 17.1. The summed E-state index contributed by atoms with van der Waals surface area (Å²) in [5.74, 6) is 0. The van der Waals surface area contributed by atoms with Gasteiger partial charge in [0.2, 0.25) is 6.71 Å². The minimum atomic E-state index is 0.399. The molecular formula is C30H14BN. The van der Waals surface area contributed by atoms with Crippen molar-refractivity contribution in [3.63, 3.8) is 0 Å². The number of hydrogen-bond donors (Lipinski definition) is 0. The Morgan fingerprint density at radius 3 is 1.78 bits per heavy atom. The van der Waals surface area contributed by atoms with Crippen molar-refractivity contribution in [1.82, 2.24) is 4.40 Å². The predicted octanol–water partition coefficient (Wildman–Crippen LogP) is 5.29. The normalized spacial score (nSPS) is 14.2. The maximum Gasteiger partial charge on any atom is 0.249 e. The fourth-order valence-corrected chi connectivity index (χ4v) is 7.46. The molecule has 0 radical (unpaired) electrons. The average molecular weight is 399 g/mol. The molecule has 3 aliphatic rings. The van der Waals surface area contributed by atoms with Gasteiger partial charge in [-0.05, 0) is 44.3 Å². The van der Waals surface area contributed by atoms with Crippen molar-refractivity contribution in [2.24, 2.45) is 0 Å². The smallest absolute Gasteiger partial charge is 0.249 e. The summed E-state index contributed by atoms with van der Waals surface area (Å²) >= 11 is 0. The van der Waals surface area contributed by atoms with Gasteiger partial charge in [-0.2, -0.15) is 0 Å². The molecule has 1 nitrogen and oxygen atoms in total. The van der Waals surface area contributed by atoms with E-state index in [-0.39, 0.29) is 0 Å². The zero-order valence-corrected chi connectivity index (χ0v) is 17.1. The Hall–Kier alpha value is -4.04. The van der Waals surface area contributed by atoms with Crippen LogP contribution in [0, 0.1) is 0 Å². The SMILES string of the molecule is c1ccc(-c2ccc3c4ccc5c6c4n4c7c8c(ccc7c2c34)-c2cccc-5c2B68)cc1. The lowest BCUT2D eigenvalue weighted by molar-refractivity contribution is 1.38. The van der Waals surface area contributed by atoms with Gasteiger partial charge in [0, 0.05) is 21.5 Å². The van der Waals surface area contributed by atoms with Crippen LogP contribution in [0.4, 0.5) is 0 Å². The van der Waals surface area contributed by atoms with Crippen LogP contribution in [-0.4, -0.2) is 11.1 Å². The summed E-state index contributed by atoms with van der Waals surface area (Å²) in [6.45, 7) is 0.399. The van der Waals surface area contributed by atoms with Gasteiger partial charge in [0.25, 0.3) is 0 Å². The van der Waals surface area contributed by atoms with Crippen molar-refractivity contribution in [3.8, 4) is 33.4 Å². The quantitative estimate of drug-likeness (QED) is 0.330. The fourth-order valence-electron chi connectivity index (χ4n) is 7.46. The van der Waals surface area contributed by atoms with Gasteiger partial charge < -0.3 is 4.40 Å². The monoisotopic (exact) mass is 399 g/mol. The number of benzene rings is 5. The van der Waals surface area contributed by atoms with Crippen molar-refractivity contribution in [2.75, 3.05) is 0 Å². The van der Waals surface area contributed by atoms with Crippen molar-refractivity contribution in [2.45, 2.75) is 0 Å². The van der Waals surface area contributed by atoms with Gasteiger partial charge in [-0.25, -0.2) is 0 Å². The first-order valence-electron chi connectivity index (χ1n) is 11.4. The molecule has 0 fully saturated rings. The lowest BCUT2D eigenvalue weighted by Gasteiger charge is -2.18. The van der Waals surface area contributed by atoms with Gasteiger partial charge in [0.1, 0.15) is 0 Å². The van der Waals surface area contributed by atoms with E-state index in [4.69, 9.17) is 0 Å². The maximum absolute atomic E-state index is 2.63. The van der Waals surface area contributed by atoms with Crippen molar-refractivity contribution >= 4 is 61.2 Å². The highest BCUT2D eigenvalue weighted by Gasteiger charge is 2.47. The second-order valence-corrected chi connectivity index (χ2v) is 9.63. The summed E-state index contributed by atoms with van der Waals surface area (Å²) in [7, 11) is 0. The van der Waals surface area contributed by atoms with E-state index < -0.39 is 0 Å². The van der Waals surface area contributed by atoms with Crippen molar-refractivity contribution in [3.05, 3.63) is 84.9 Å². The molecule has 0 N–H and O–H groups in total. The van der Waals surface area contributed by atoms with E-state index in [2.05, 4.69) is 89.3 Å². The molecule has 2 aromatic heterocycles. The van der Waals surface area contributed by atoms with Crippen LogP contribution in [0.3, 0.4) is 0 Å². The molecular weight excluding hydrogens is 385 g/mol. The summed E-state index contributed by atoms with van der Waals surface area (Å²) in [5, 5.41) is 5.61. The Bertz CT molecular complexity index is 2030. The summed E-state index contributed by atoms with van der Waals surface area (Å²) in [6, 6.07) is 32.1. The van der Waals surface area contributed by atoms with Gasteiger partial charge in [0.05, 0.1) is 16.6 Å². The van der Waals surface area contributed by atoms with Crippen LogP contribution in [-0.2, 0) is 0 Å². The summed E-state index contributed by atoms with van der Waals surface area (Å²) in [5.41, 5.74) is 17.3. The third-order valence-corrected chi connectivity index (χ3v) is 8.48. The molecule has 0 saturated heterocycles. The zero-order chi connectivity index (χ0) is 20.3. The van der Waals surface area contributed by atoms with Crippen LogP contribution in [0.2, 0.25) is 0 Å². The first-order chi connectivity index (χ1) is 15.9. The van der Waals surface area contributed by atoms with E-state index >= 15 is 0 Å². The Balaban J connectivity index is 1.58. The van der Waals surface area contributed by atoms with Crippen LogP contribution in [0.15, 0.2) is 84.9 Å². The summed E-state index contributed by atoms with van der Waals surface area (Å²) < 4.78 is 2.63. The average Bonchev–Trinajstić information content (AvgIpc) is 3.56. The van der Waals surface area contributed by atoms with Crippen molar-refractivity contribution < 1.29 is 0 Å². The van der Waals surface area contributed by atoms with Gasteiger partial charge in [-0.15, -0.1) is 0 Å². The van der Waals surface area contributed by atoms with Gasteiger partial charge in [0.15, 0.2) is 0 Å². The molecule has 0 bridgehead atoms. The number of rotatable bonds is 1. The van der Waals surface area contributed by atoms with E-state index in [1.807, 2.05) is 0 Å². The first kappa shape index (κ1) is 14.9. The molecule has 32 heavy (non-hydrogen) atoms. The second-order valence-electron chi connectivity index (χ2n) is 9.63. The second kappa shape index (κ2) is 4.44. The molecule has 0 amide bonds. The topological polar surface area (TPSA) is 4.41 Å². The van der Waals surface area contributed by atoms with E-state index in [9.17, 15) is 0 Å². The molecule has 0 aliphatic carbocycles. The van der Waals surface area contributed by atoms with E-state index in [0.717, 1.165) is 0 Å². The van der Waals surface area contributed by atoms with E-state index in [1.165, 1.54) is 76.9 Å². The molecule has 0 atom stereocenters. The molecule has 5 aromatic carbocycles. The molecule has 0 saturated carbocycles. The molecule has 3 aliphatic heterocycles. The molecule has 5 heterocycles. The Labute approximate surface area is 183 Å². The molecule has 0 unspecified atom stereocenters. The van der Waals surface area contributed by atoms with Gasteiger partial charge >= 0.3 is 0 Å². The third-order valence-electron chi connectivity index (χ3n) is 8.48. The first-order valence-corrected chi connectivity index (χ1v) is 11.4. The van der Waals surface area contributed by atoms with Crippen LogP contribution < -0.4 is 16.4 Å². The van der Waals surface area contributed by atoms with E-state index in [1.54, 1.807) is 10.9 Å². The van der Waals surface area contributed by atoms with Gasteiger partial charge in [-0.1, -0.05) is 90.4 Å². The number of aromatic nitrogens is 1. The minimum absolute atomic E-state index is 0.399. The highest BCUT2D eigenvalue weighted by atomic mass is 14.9. The Morgan fingerprint density at radius 1 is 0.438 bits per heavy atom. The predicted molar refractivity (Wildman–Crippen MR) is 136 cm³/mol. The standard InChI is InChI=1S/C30H14BN/c1-2-5-15(6-3-1)16-9-12-21-22-13-10-19-17-7-4-8-18-20-11-14-23-24(16)28(21)32-29(22)26(19)31(25(17)18)27(20)30(23)32/h1-14H. The number of hydrogen-bond acceptors (Lipinski definition) is 0. The number of fused-ring (bicyclic) bond motifs is 4. The Kier molecular flexibility index (Phi) is 2.07. The molecule has 2 heteroatoms. The summed E-state index contributed by atoms with van der Waals surface area (Å²) in [4.78, 5) is 0. The van der Waals surface area contributed by atoms with Crippen LogP contribution in [0.1, 0.15) is 0 Å². The number of nitrogens with zero attached hydrogens (tertiary/aromatic N) is 1. The Morgan fingerprint density at radius 2 is 1.03 bits per heavy atom. The lowest BCUT2D eigenvalue weighted by atomic mass is 9.40. The molecule has 142 valence electrons. The molecule has 10 rings (SSSR count). The van der Waals surface area contributed by atoms with Gasteiger partial charge in [-0.3, -0.25) is 0 Å². The van der Waals surface area contributed by atoms with E-state index in [0.29, 0.717) is 6.71 Å². The lowest BCUT2D eigenvalue weighted by Crippen LogP contribution is -2.48. The van der Waals surface area contributed by atoms with Crippen molar-refractivity contribution in [1.29, 1.82) is 0 Å². The molecule has 7 aromatic rings. The van der Waals surface area contributed by atoms with Crippen LogP contribution in [0.25, 0.3) is 71.5 Å². The highest BCUT2D eigenvalue weighted by Crippen LogP contribution is 2.48. The van der Waals surface area contributed by atoms with Crippen LogP contribution in [0.5, 0.6) is 0 Å². The van der Waals surface area contributed by atoms with Crippen LogP contribution >= 0.6 is 0 Å². The fraction of sp³-hybridized carbons (Fsp3) is 0. The summed E-state index contributed by atoms with van der Waals surface area (Å²) in [6.07, 6.45) is 0. The highest BCUT2D eigenvalue weighted by molar-refractivity contribution is 7.05. The third kappa shape index (κ3) is 1.27. The molecule has 0 spiro atoms.